The molecule has 0 saturated carbocycles. The second-order valence-corrected chi connectivity index (χ2v) is 1.64. The van der Waals surface area contributed by atoms with Crippen molar-refractivity contribution in [1.29, 1.82) is 0 Å². The van der Waals surface area contributed by atoms with Gasteiger partial charge in [0.15, 0.2) is 0 Å². The standard InChI is InChI=1S/C5H5ClN2O/c1-9-5-2-4(6)3-7-8-5/h2-3H,1H3/i2D,3D. The maximum Gasteiger partial charge on any atom is 0.234 e. The first-order chi connectivity index (χ1) is 5.16. The van der Waals surface area contributed by atoms with Crippen LogP contribution in [0.5, 0.6) is 5.88 Å². The van der Waals surface area contributed by atoms with E-state index in [1.54, 1.807) is 0 Å². The van der Waals surface area contributed by atoms with Gasteiger partial charge in [0.05, 0.1) is 21.0 Å². The van der Waals surface area contributed by atoms with Crippen molar-refractivity contribution in [3.63, 3.8) is 0 Å². The monoisotopic (exact) mass is 146 g/mol. The summed E-state index contributed by atoms with van der Waals surface area (Å²) in [6, 6.07) is -0.103. The largest absolute Gasteiger partial charge is 0.480 e. The van der Waals surface area contributed by atoms with E-state index in [-0.39, 0.29) is 23.1 Å². The zero-order valence-electron chi connectivity index (χ0n) is 6.68. The van der Waals surface area contributed by atoms with Gasteiger partial charge < -0.3 is 4.74 Å². The van der Waals surface area contributed by atoms with Crippen molar-refractivity contribution in [1.82, 2.24) is 10.2 Å². The number of rotatable bonds is 1. The average Bonchev–Trinajstić information content (AvgIpc) is 2.01. The van der Waals surface area contributed by atoms with Gasteiger partial charge in [0.1, 0.15) is 0 Å². The van der Waals surface area contributed by atoms with Crippen molar-refractivity contribution < 1.29 is 7.48 Å². The van der Waals surface area contributed by atoms with Crippen molar-refractivity contribution >= 4 is 11.6 Å². The lowest BCUT2D eigenvalue weighted by molar-refractivity contribution is 0.392. The summed E-state index contributed by atoms with van der Waals surface area (Å²) in [6.07, 6.45) is -0.211. The molecule has 9 heavy (non-hydrogen) atoms. The third-order valence-electron chi connectivity index (χ3n) is 0.699. The van der Waals surface area contributed by atoms with Gasteiger partial charge in [0.25, 0.3) is 0 Å². The minimum atomic E-state index is -0.211. The number of hydrogen-bond donors (Lipinski definition) is 0. The Bertz CT molecular complexity index is 281. The smallest absolute Gasteiger partial charge is 0.234 e. The Balaban J connectivity index is 3.25. The fourth-order valence-electron chi connectivity index (χ4n) is 0.353. The molecule has 0 aromatic carbocycles. The highest BCUT2D eigenvalue weighted by molar-refractivity contribution is 6.30. The maximum atomic E-state index is 7.26. The lowest BCUT2D eigenvalue weighted by Gasteiger charge is -1.93. The molecule has 0 aliphatic rings. The summed E-state index contributed by atoms with van der Waals surface area (Å²) in [5.74, 6) is 0.0333. The van der Waals surface area contributed by atoms with Gasteiger partial charge in [-0.25, -0.2) is 0 Å². The van der Waals surface area contributed by atoms with Gasteiger partial charge >= 0.3 is 0 Å². The van der Waals surface area contributed by atoms with Crippen LogP contribution in [-0.4, -0.2) is 17.3 Å². The molecule has 0 unspecified atom stereocenters. The number of nitrogens with zero attached hydrogens (tertiary/aromatic N) is 2. The molecule has 1 aromatic heterocycles. The molecule has 4 heteroatoms. The van der Waals surface area contributed by atoms with Gasteiger partial charge in [-0.15, -0.1) is 5.10 Å². The minimum absolute atomic E-state index is 0.0333. The Hall–Kier alpha value is -0.830. The van der Waals surface area contributed by atoms with Gasteiger partial charge in [-0.2, -0.15) is 5.10 Å². The molecule has 0 aliphatic carbocycles. The number of hydrogen-bond acceptors (Lipinski definition) is 3. The van der Waals surface area contributed by atoms with Crippen LogP contribution < -0.4 is 4.74 Å². The molecule has 1 heterocycles. The van der Waals surface area contributed by atoms with Crippen LogP contribution in [-0.2, 0) is 0 Å². The minimum Gasteiger partial charge on any atom is -0.480 e. The zero-order valence-corrected chi connectivity index (χ0v) is 5.44. The lowest BCUT2D eigenvalue weighted by atomic mass is 10.6. The van der Waals surface area contributed by atoms with Crippen LogP contribution in [0.25, 0.3) is 0 Å². The summed E-state index contributed by atoms with van der Waals surface area (Å²) in [4.78, 5) is 0. The molecular weight excluding hydrogens is 140 g/mol. The van der Waals surface area contributed by atoms with Gasteiger partial charge in [-0.1, -0.05) is 11.6 Å². The summed E-state index contributed by atoms with van der Waals surface area (Å²) in [5, 5.41) is 6.73. The van der Waals surface area contributed by atoms with Crippen molar-refractivity contribution in [2.24, 2.45) is 0 Å². The first-order valence-electron chi connectivity index (χ1n) is 3.20. The second-order valence-electron chi connectivity index (χ2n) is 1.26. The second kappa shape index (κ2) is 2.64. The third-order valence-corrected chi connectivity index (χ3v) is 0.878. The van der Waals surface area contributed by atoms with Gasteiger partial charge in [-0.3, -0.25) is 0 Å². The van der Waals surface area contributed by atoms with Crippen LogP contribution >= 0.6 is 11.6 Å². The molecule has 0 aliphatic heterocycles. The highest BCUT2D eigenvalue weighted by atomic mass is 35.5. The predicted molar refractivity (Wildman–Crippen MR) is 33.6 cm³/mol. The van der Waals surface area contributed by atoms with Gasteiger partial charge in [0, 0.05) is 6.04 Å². The van der Waals surface area contributed by atoms with Crippen LogP contribution in [0.2, 0.25) is 5.02 Å². The number of halogens is 1. The van der Waals surface area contributed by atoms with Crippen molar-refractivity contribution in [3.8, 4) is 5.88 Å². The summed E-state index contributed by atoms with van der Waals surface area (Å²) in [6.45, 7) is 0. The van der Waals surface area contributed by atoms with Crippen LogP contribution in [0.3, 0.4) is 0 Å². The number of aromatic nitrogens is 2. The quantitative estimate of drug-likeness (QED) is 0.596. The molecule has 0 amide bonds. The van der Waals surface area contributed by atoms with E-state index in [1.807, 2.05) is 0 Å². The third kappa shape index (κ3) is 1.54. The Kier molecular flexibility index (Phi) is 1.19. The van der Waals surface area contributed by atoms with E-state index in [2.05, 4.69) is 14.9 Å². The molecule has 1 aromatic rings. The van der Waals surface area contributed by atoms with E-state index < -0.39 is 0 Å². The van der Waals surface area contributed by atoms with E-state index in [4.69, 9.17) is 14.3 Å². The van der Waals surface area contributed by atoms with E-state index in [1.165, 1.54) is 7.11 Å². The van der Waals surface area contributed by atoms with Gasteiger partial charge in [0.2, 0.25) is 5.88 Å². The van der Waals surface area contributed by atoms with E-state index in [9.17, 15) is 0 Å². The van der Waals surface area contributed by atoms with Gasteiger partial charge in [-0.05, 0) is 0 Å². The first kappa shape index (κ1) is 4.06. The predicted octanol–water partition coefficient (Wildman–Crippen LogP) is 1.14. The number of ether oxygens (including phenoxy) is 1. The SMILES string of the molecule is [2H]c1nnc(OC)c([2H])c1Cl. The highest BCUT2D eigenvalue weighted by Crippen LogP contribution is 2.10. The number of methoxy groups -OCH3 is 1. The molecule has 0 atom stereocenters. The summed E-state index contributed by atoms with van der Waals surface area (Å²) in [5.41, 5.74) is 0. The molecule has 1 rings (SSSR count). The van der Waals surface area contributed by atoms with Crippen molar-refractivity contribution in [3.05, 3.63) is 17.2 Å². The summed E-state index contributed by atoms with van der Waals surface area (Å²) >= 11 is 5.50. The van der Waals surface area contributed by atoms with Crippen LogP contribution in [0.4, 0.5) is 0 Å². The Morgan fingerprint density at radius 1 is 1.89 bits per heavy atom. The fraction of sp³-hybridized carbons (Fsp3) is 0.200. The molecule has 0 radical (unpaired) electrons. The Morgan fingerprint density at radius 2 is 2.67 bits per heavy atom. The molecule has 0 saturated heterocycles. The van der Waals surface area contributed by atoms with E-state index in [0.29, 0.717) is 0 Å². The van der Waals surface area contributed by atoms with Crippen LogP contribution in [0.15, 0.2) is 12.2 Å². The Labute approximate surface area is 60.4 Å². The first-order valence-corrected chi connectivity index (χ1v) is 2.58. The lowest BCUT2D eigenvalue weighted by Crippen LogP contribution is -1.88. The molecule has 0 N–H and O–H groups in total. The molecular formula is C5H5ClN2O. The topological polar surface area (TPSA) is 35.0 Å². The van der Waals surface area contributed by atoms with Crippen LogP contribution in [0, 0.1) is 0 Å². The fourth-order valence-corrected chi connectivity index (χ4v) is 0.472. The molecule has 48 valence electrons. The summed E-state index contributed by atoms with van der Waals surface area (Å²) in [7, 11) is 1.36. The molecule has 0 fully saturated rings. The summed E-state index contributed by atoms with van der Waals surface area (Å²) < 4.78 is 19.0. The highest BCUT2D eigenvalue weighted by Gasteiger charge is 1.91. The van der Waals surface area contributed by atoms with Crippen molar-refractivity contribution in [2.75, 3.05) is 7.11 Å². The molecule has 3 nitrogen and oxygen atoms in total. The maximum absolute atomic E-state index is 7.26. The normalized spacial score (nSPS) is 12.2. The molecule has 0 spiro atoms. The van der Waals surface area contributed by atoms with E-state index >= 15 is 0 Å². The van der Waals surface area contributed by atoms with Crippen molar-refractivity contribution in [2.45, 2.75) is 0 Å². The van der Waals surface area contributed by atoms with Crippen LogP contribution in [0.1, 0.15) is 2.74 Å². The zero-order chi connectivity index (χ0) is 8.43. The Morgan fingerprint density at radius 3 is 3.33 bits per heavy atom. The van der Waals surface area contributed by atoms with E-state index in [0.717, 1.165) is 0 Å². The molecule has 0 bridgehead atoms. The average molecular weight is 147 g/mol.